The maximum Gasteiger partial charge on any atom is 0.138 e. The molecule has 0 unspecified atom stereocenters. The first-order valence-corrected chi connectivity index (χ1v) is 7.45. The third-order valence-electron chi connectivity index (χ3n) is 3.39. The van der Waals surface area contributed by atoms with Gasteiger partial charge < -0.3 is 9.64 Å². The SMILES string of the molecule is CC(C)c1c(Cl)ncnc1N1CC(C)(C)OC(C)(C)C1. The van der Waals surface area contributed by atoms with E-state index in [1.165, 1.54) is 0 Å². The highest BCUT2D eigenvalue weighted by Gasteiger charge is 2.39. The van der Waals surface area contributed by atoms with E-state index in [2.05, 4.69) is 56.4 Å². The number of morpholine rings is 1. The zero-order valence-corrected chi connectivity index (χ0v) is 14.0. The lowest BCUT2D eigenvalue weighted by Crippen LogP contribution is -2.57. The van der Waals surface area contributed by atoms with Gasteiger partial charge in [-0.15, -0.1) is 0 Å². The fourth-order valence-electron chi connectivity index (χ4n) is 3.05. The Balaban J connectivity index is 2.43. The molecule has 0 radical (unpaired) electrons. The number of hydrogen-bond donors (Lipinski definition) is 0. The average Bonchev–Trinajstić information content (AvgIpc) is 2.23. The van der Waals surface area contributed by atoms with Crippen LogP contribution >= 0.6 is 11.6 Å². The first-order valence-electron chi connectivity index (χ1n) is 7.07. The summed E-state index contributed by atoms with van der Waals surface area (Å²) >= 11 is 6.28. The van der Waals surface area contributed by atoms with E-state index in [-0.39, 0.29) is 17.1 Å². The number of aromatic nitrogens is 2. The highest BCUT2D eigenvalue weighted by Crippen LogP contribution is 2.36. The van der Waals surface area contributed by atoms with Crippen LogP contribution < -0.4 is 4.90 Å². The summed E-state index contributed by atoms with van der Waals surface area (Å²) in [5.74, 6) is 1.22. The maximum absolute atomic E-state index is 6.28. The second-order valence-corrected chi connectivity index (χ2v) is 7.39. The van der Waals surface area contributed by atoms with Crippen molar-refractivity contribution in [1.82, 2.24) is 9.97 Å². The Hall–Kier alpha value is -0.870. The molecule has 1 aromatic rings. The van der Waals surface area contributed by atoms with Gasteiger partial charge in [-0.1, -0.05) is 25.4 Å². The van der Waals surface area contributed by atoms with E-state index in [1.54, 1.807) is 6.33 Å². The molecular weight excluding hydrogens is 274 g/mol. The smallest absolute Gasteiger partial charge is 0.138 e. The molecule has 4 nitrogen and oxygen atoms in total. The summed E-state index contributed by atoms with van der Waals surface area (Å²) in [6, 6.07) is 0. The van der Waals surface area contributed by atoms with Crippen LogP contribution in [0.15, 0.2) is 6.33 Å². The van der Waals surface area contributed by atoms with Crippen molar-refractivity contribution in [2.24, 2.45) is 0 Å². The van der Waals surface area contributed by atoms with Crippen LogP contribution in [-0.4, -0.2) is 34.3 Å². The number of ether oxygens (including phenoxy) is 1. The van der Waals surface area contributed by atoms with Gasteiger partial charge in [0, 0.05) is 18.7 Å². The molecular formula is C15H24ClN3O. The van der Waals surface area contributed by atoms with Crippen molar-refractivity contribution < 1.29 is 4.74 Å². The molecule has 0 atom stereocenters. The zero-order chi connectivity index (χ0) is 15.1. The van der Waals surface area contributed by atoms with E-state index in [1.807, 2.05) is 0 Å². The van der Waals surface area contributed by atoms with E-state index in [9.17, 15) is 0 Å². The van der Waals surface area contributed by atoms with Gasteiger partial charge >= 0.3 is 0 Å². The van der Waals surface area contributed by atoms with Crippen molar-refractivity contribution in [3.8, 4) is 0 Å². The zero-order valence-electron chi connectivity index (χ0n) is 13.2. The quantitative estimate of drug-likeness (QED) is 0.781. The molecule has 0 aliphatic carbocycles. The summed E-state index contributed by atoms with van der Waals surface area (Å²) in [4.78, 5) is 10.9. The van der Waals surface area contributed by atoms with E-state index >= 15 is 0 Å². The van der Waals surface area contributed by atoms with E-state index in [4.69, 9.17) is 16.3 Å². The number of nitrogens with zero attached hydrogens (tertiary/aromatic N) is 3. The maximum atomic E-state index is 6.28. The van der Waals surface area contributed by atoms with Crippen LogP contribution in [0, 0.1) is 0 Å². The standard InChI is InChI=1S/C15H24ClN3O/c1-10(2)11-12(16)17-9-18-13(11)19-7-14(3,4)20-15(5,6)8-19/h9-10H,7-8H2,1-6H3. The van der Waals surface area contributed by atoms with Gasteiger partial charge in [-0.2, -0.15) is 0 Å². The van der Waals surface area contributed by atoms with Crippen LogP contribution in [0.4, 0.5) is 5.82 Å². The van der Waals surface area contributed by atoms with Crippen LogP contribution in [0.3, 0.4) is 0 Å². The fraction of sp³-hybridized carbons (Fsp3) is 0.733. The topological polar surface area (TPSA) is 38.2 Å². The molecule has 1 aliphatic heterocycles. The number of anilines is 1. The second kappa shape index (κ2) is 5.15. The van der Waals surface area contributed by atoms with Gasteiger partial charge in [0.05, 0.1) is 11.2 Å². The largest absolute Gasteiger partial charge is 0.366 e. The van der Waals surface area contributed by atoms with Gasteiger partial charge in [0.1, 0.15) is 17.3 Å². The Labute approximate surface area is 126 Å². The minimum atomic E-state index is -0.215. The lowest BCUT2D eigenvalue weighted by Gasteiger charge is -2.48. The third-order valence-corrected chi connectivity index (χ3v) is 3.69. The lowest BCUT2D eigenvalue weighted by molar-refractivity contribution is -0.133. The molecule has 2 heterocycles. The average molecular weight is 298 g/mol. The molecule has 112 valence electrons. The molecule has 1 saturated heterocycles. The Morgan fingerprint density at radius 2 is 1.70 bits per heavy atom. The molecule has 0 bridgehead atoms. The molecule has 2 rings (SSSR count). The fourth-order valence-corrected chi connectivity index (χ4v) is 3.40. The van der Waals surface area contributed by atoms with E-state index in [0.29, 0.717) is 5.15 Å². The Bertz CT molecular complexity index is 484. The normalized spacial score (nSPS) is 21.3. The minimum Gasteiger partial charge on any atom is -0.366 e. The first kappa shape index (κ1) is 15.5. The van der Waals surface area contributed by atoms with Crippen molar-refractivity contribution in [2.75, 3.05) is 18.0 Å². The summed E-state index contributed by atoms with van der Waals surface area (Å²) in [6.07, 6.45) is 1.54. The molecule has 1 fully saturated rings. The van der Waals surface area contributed by atoms with E-state index < -0.39 is 0 Å². The van der Waals surface area contributed by atoms with Crippen molar-refractivity contribution in [3.63, 3.8) is 0 Å². The summed E-state index contributed by atoms with van der Waals surface area (Å²) < 4.78 is 6.13. The van der Waals surface area contributed by atoms with Crippen molar-refractivity contribution in [1.29, 1.82) is 0 Å². The Morgan fingerprint density at radius 3 is 2.20 bits per heavy atom. The molecule has 0 amide bonds. The first-order chi connectivity index (χ1) is 9.11. The summed E-state index contributed by atoms with van der Waals surface area (Å²) in [5.41, 5.74) is 0.587. The number of hydrogen-bond acceptors (Lipinski definition) is 4. The van der Waals surface area contributed by atoms with Crippen LogP contribution in [0.5, 0.6) is 0 Å². The lowest BCUT2D eigenvalue weighted by atomic mass is 9.97. The molecule has 20 heavy (non-hydrogen) atoms. The predicted molar refractivity (Wildman–Crippen MR) is 82.6 cm³/mol. The van der Waals surface area contributed by atoms with Gasteiger partial charge in [0.15, 0.2) is 0 Å². The van der Waals surface area contributed by atoms with Gasteiger partial charge in [0.2, 0.25) is 0 Å². The Kier molecular flexibility index (Phi) is 4.00. The van der Waals surface area contributed by atoms with Crippen LogP contribution in [-0.2, 0) is 4.74 Å². The monoisotopic (exact) mass is 297 g/mol. The summed E-state index contributed by atoms with van der Waals surface area (Å²) in [7, 11) is 0. The second-order valence-electron chi connectivity index (χ2n) is 7.03. The van der Waals surface area contributed by atoms with Gasteiger partial charge in [-0.05, 0) is 33.6 Å². The number of halogens is 1. The summed E-state index contributed by atoms with van der Waals surface area (Å²) in [5, 5.41) is 0.548. The minimum absolute atomic E-state index is 0.215. The molecule has 5 heteroatoms. The van der Waals surface area contributed by atoms with E-state index in [0.717, 1.165) is 24.5 Å². The van der Waals surface area contributed by atoms with Crippen molar-refractivity contribution in [2.45, 2.75) is 58.7 Å². The number of rotatable bonds is 2. The highest BCUT2D eigenvalue weighted by atomic mass is 35.5. The third kappa shape index (κ3) is 3.23. The molecule has 1 aromatic heterocycles. The molecule has 0 saturated carbocycles. The molecule has 0 aromatic carbocycles. The molecule has 1 aliphatic rings. The van der Waals surface area contributed by atoms with Crippen molar-refractivity contribution >= 4 is 17.4 Å². The highest BCUT2D eigenvalue weighted by molar-refractivity contribution is 6.30. The Morgan fingerprint density at radius 1 is 1.15 bits per heavy atom. The van der Waals surface area contributed by atoms with Gasteiger partial charge in [-0.25, -0.2) is 9.97 Å². The van der Waals surface area contributed by atoms with Gasteiger partial charge in [0.25, 0.3) is 0 Å². The molecule has 0 spiro atoms. The van der Waals surface area contributed by atoms with Crippen LogP contribution in [0.25, 0.3) is 0 Å². The van der Waals surface area contributed by atoms with Crippen LogP contribution in [0.1, 0.15) is 53.0 Å². The van der Waals surface area contributed by atoms with Gasteiger partial charge in [-0.3, -0.25) is 0 Å². The van der Waals surface area contributed by atoms with Crippen LogP contribution in [0.2, 0.25) is 5.15 Å². The summed E-state index contributed by atoms with van der Waals surface area (Å²) in [6.45, 7) is 14.3. The molecule has 0 N–H and O–H groups in total. The van der Waals surface area contributed by atoms with Crippen molar-refractivity contribution in [3.05, 3.63) is 17.0 Å². The predicted octanol–water partition coefficient (Wildman–Crippen LogP) is 3.65.